The van der Waals surface area contributed by atoms with Gasteiger partial charge in [0.25, 0.3) is 0 Å². The maximum Gasteiger partial charge on any atom is 0.337 e. The molecule has 6 heteroatoms. The molecule has 1 aromatic rings. The molecule has 2 N–H and O–H groups in total. The minimum absolute atomic E-state index is 0.0818. The van der Waals surface area contributed by atoms with Crippen molar-refractivity contribution in [3.8, 4) is 0 Å². The Kier molecular flexibility index (Phi) is 5.84. The number of benzene rings is 1. The topological polar surface area (TPSA) is 74.6 Å². The number of rotatable bonds is 6. The summed E-state index contributed by atoms with van der Waals surface area (Å²) in [5, 5.41) is 18.9. The third-order valence-electron chi connectivity index (χ3n) is 2.36. The van der Waals surface area contributed by atoms with Gasteiger partial charge in [-0.25, -0.2) is 4.79 Å². The van der Waals surface area contributed by atoms with Crippen LogP contribution < -0.4 is 0 Å². The fourth-order valence-corrected chi connectivity index (χ4v) is 2.29. The van der Waals surface area contributed by atoms with Crippen LogP contribution in [0.2, 0.25) is 0 Å². The number of halogens is 1. The first-order valence-electron chi connectivity index (χ1n) is 5.18. The second kappa shape index (κ2) is 6.92. The van der Waals surface area contributed by atoms with Gasteiger partial charge < -0.3 is 10.2 Å². The van der Waals surface area contributed by atoms with Crippen LogP contribution in [0.1, 0.15) is 28.4 Å². The standard InChI is InChI=1S/C12H13BrO4S/c1-18-9-5-7(10(14)2-3-13)4-8(6-9)11(15)12(16)17/h4-6,11,15H,2-3H2,1H3,(H,16,17). The normalized spacial score (nSPS) is 12.2. The van der Waals surface area contributed by atoms with Crippen LogP contribution in [0.15, 0.2) is 23.1 Å². The number of hydrogen-bond acceptors (Lipinski definition) is 4. The number of hydrogen-bond donors (Lipinski definition) is 2. The predicted molar refractivity (Wildman–Crippen MR) is 73.6 cm³/mol. The van der Waals surface area contributed by atoms with Gasteiger partial charge in [0.15, 0.2) is 11.9 Å². The zero-order chi connectivity index (χ0) is 13.7. The Hall–Kier alpha value is -0.850. The van der Waals surface area contributed by atoms with Gasteiger partial charge in [0.1, 0.15) is 0 Å². The third kappa shape index (κ3) is 3.83. The Balaban J connectivity index is 3.16. The summed E-state index contributed by atoms with van der Waals surface area (Å²) >= 11 is 4.58. The third-order valence-corrected chi connectivity index (χ3v) is 3.46. The highest BCUT2D eigenvalue weighted by atomic mass is 79.9. The van der Waals surface area contributed by atoms with Gasteiger partial charge in [-0.05, 0) is 30.0 Å². The molecule has 4 nitrogen and oxygen atoms in total. The van der Waals surface area contributed by atoms with Crippen molar-refractivity contribution in [3.05, 3.63) is 29.3 Å². The number of Topliss-reactive ketones (excluding diaryl/α,β-unsaturated/α-hetero) is 1. The van der Waals surface area contributed by atoms with E-state index in [0.29, 0.717) is 17.3 Å². The number of thioether (sulfide) groups is 1. The second-order valence-electron chi connectivity index (χ2n) is 3.60. The molecule has 0 spiro atoms. The smallest absolute Gasteiger partial charge is 0.337 e. The van der Waals surface area contributed by atoms with Crippen molar-refractivity contribution < 1.29 is 19.8 Å². The molecule has 18 heavy (non-hydrogen) atoms. The van der Waals surface area contributed by atoms with Gasteiger partial charge in [0.2, 0.25) is 0 Å². The molecule has 0 saturated heterocycles. The van der Waals surface area contributed by atoms with Crippen molar-refractivity contribution in [1.29, 1.82) is 0 Å². The zero-order valence-electron chi connectivity index (χ0n) is 9.72. The summed E-state index contributed by atoms with van der Waals surface area (Å²) in [5.74, 6) is -1.41. The quantitative estimate of drug-likeness (QED) is 0.475. The first-order valence-corrected chi connectivity index (χ1v) is 7.53. The number of carboxylic acids is 1. The molecule has 0 aromatic heterocycles. The first kappa shape index (κ1) is 15.2. The number of ketones is 1. The summed E-state index contributed by atoms with van der Waals surface area (Å²) in [5.41, 5.74) is 0.656. The minimum Gasteiger partial charge on any atom is -0.479 e. The van der Waals surface area contributed by atoms with E-state index < -0.39 is 12.1 Å². The molecule has 0 fully saturated rings. The molecule has 0 heterocycles. The van der Waals surface area contributed by atoms with E-state index in [2.05, 4.69) is 15.9 Å². The van der Waals surface area contributed by atoms with Gasteiger partial charge >= 0.3 is 5.97 Å². The molecule has 0 radical (unpaired) electrons. The molecule has 0 aliphatic carbocycles. The maximum absolute atomic E-state index is 11.8. The van der Waals surface area contributed by atoms with Gasteiger partial charge in [0, 0.05) is 22.2 Å². The average Bonchev–Trinajstić information content (AvgIpc) is 2.37. The molecule has 1 atom stereocenters. The second-order valence-corrected chi connectivity index (χ2v) is 5.27. The number of aliphatic carboxylic acids is 1. The van der Waals surface area contributed by atoms with E-state index in [4.69, 9.17) is 5.11 Å². The number of carbonyl (C=O) groups is 2. The van der Waals surface area contributed by atoms with E-state index in [1.54, 1.807) is 12.1 Å². The van der Waals surface area contributed by atoms with Gasteiger partial charge in [-0.2, -0.15) is 0 Å². The molecule has 1 rings (SSSR count). The van der Waals surface area contributed by atoms with Gasteiger partial charge in [0.05, 0.1) is 0 Å². The summed E-state index contributed by atoms with van der Waals surface area (Å²) < 4.78 is 0. The lowest BCUT2D eigenvalue weighted by molar-refractivity contribution is -0.146. The lowest BCUT2D eigenvalue weighted by atomic mass is 10.0. The van der Waals surface area contributed by atoms with Crippen molar-refractivity contribution in [2.75, 3.05) is 11.6 Å². The molecule has 0 amide bonds. The Bertz CT molecular complexity index is 461. The number of aliphatic hydroxyl groups excluding tert-OH is 1. The summed E-state index contributed by atoms with van der Waals surface area (Å²) in [7, 11) is 0. The Morgan fingerprint density at radius 1 is 1.39 bits per heavy atom. The van der Waals surface area contributed by atoms with Crippen LogP contribution in [-0.4, -0.2) is 33.6 Å². The molecule has 0 aliphatic heterocycles. The highest BCUT2D eigenvalue weighted by Crippen LogP contribution is 2.24. The van der Waals surface area contributed by atoms with E-state index in [1.807, 2.05) is 6.26 Å². The largest absolute Gasteiger partial charge is 0.479 e. The summed E-state index contributed by atoms with van der Waals surface area (Å²) in [6.45, 7) is 0. The summed E-state index contributed by atoms with van der Waals surface area (Å²) in [6.07, 6.45) is 0.554. The summed E-state index contributed by atoms with van der Waals surface area (Å²) in [4.78, 5) is 23.3. The molecule has 98 valence electrons. The van der Waals surface area contributed by atoms with Gasteiger partial charge in [-0.15, -0.1) is 11.8 Å². The molecule has 0 saturated carbocycles. The predicted octanol–water partition coefficient (Wildman–Crippen LogP) is 2.49. The molecular weight excluding hydrogens is 320 g/mol. The van der Waals surface area contributed by atoms with Crippen LogP contribution in [0, 0.1) is 0 Å². The summed E-state index contributed by atoms with van der Waals surface area (Å²) in [6, 6.07) is 4.71. The van der Waals surface area contributed by atoms with Crippen LogP contribution in [-0.2, 0) is 4.79 Å². The maximum atomic E-state index is 11.8. The number of aliphatic hydroxyl groups is 1. The highest BCUT2D eigenvalue weighted by molar-refractivity contribution is 9.09. The number of alkyl halides is 1. The van der Waals surface area contributed by atoms with Crippen LogP contribution >= 0.6 is 27.7 Å². The number of carboxylic acid groups (broad SMARTS) is 1. The van der Waals surface area contributed by atoms with Crippen LogP contribution in [0.4, 0.5) is 0 Å². The van der Waals surface area contributed by atoms with Crippen molar-refractivity contribution in [1.82, 2.24) is 0 Å². The molecule has 1 unspecified atom stereocenters. The van der Waals surface area contributed by atoms with E-state index in [1.165, 1.54) is 17.8 Å². The monoisotopic (exact) mass is 332 g/mol. The van der Waals surface area contributed by atoms with Crippen molar-refractivity contribution in [3.63, 3.8) is 0 Å². The molecular formula is C12H13BrO4S. The molecule has 0 bridgehead atoms. The number of carbonyl (C=O) groups excluding carboxylic acids is 1. The fourth-order valence-electron chi connectivity index (χ4n) is 1.43. The molecule has 0 aliphatic rings. The lowest BCUT2D eigenvalue weighted by Crippen LogP contribution is -2.12. The molecule has 1 aromatic carbocycles. The Labute approximate surface area is 118 Å². The van der Waals surface area contributed by atoms with Crippen LogP contribution in [0.5, 0.6) is 0 Å². The van der Waals surface area contributed by atoms with Crippen molar-refractivity contribution in [2.24, 2.45) is 0 Å². The van der Waals surface area contributed by atoms with Gasteiger partial charge in [-0.1, -0.05) is 15.9 Å². The highest BCUT2D eigenvalue weighted by Gasteiger charge is 2.18. The van der Waals surface area contributed by atoms with Crippen LogP contribution in [0.25, 0.3) is 0 Å². The van der Waals surface area contributed by atoms with E-state index in [0.717, 1.165) is 4.90 Å². The average molecular weight is 333 g/mol. The Morgan fingerprint density at radius 3 is 2.56 bits per heavy atom. The van der Waals surface area contributed by atoms with E-state index >= 15 is 0 Å². The van der Waals surface area contributed by atoms with Crippen molar-refractivity contribution in [2.45, 2.75) is 17.4 Å². The Morgan fingerprint density at radius 2 is 2.06 bits per heavy atom. The lowest BCUT2D eigenvalue weighted by Gasteiger charge is -2.10. The SMILES string of the molecule is CSc1cc(C(=O)CCBr)cc(C(O)C(=O)O)c1. The first-order chi connectivity index (χ1) is 8.49. The van der Waals surface area contributed by atoms with Gasteiger partial charge in [-0.3, -0.25) is 4.79 Å². The van der Waals surface area contributed by atoms with E-state index in [-0.39, 0.29) is 11.3 Å². The minimum atomic E-state index is -1.60. The van der Waals surface area contributed by atoms with Crippen LogP contribution in [0.3, 0.4) is 0 Å². The fraction of sp³-hybridized carbons (Fsp3) is 0.333. The van der Waals surface area contributed by atoms with Crippen molar-refractivity contribution >= 4 is 39.4 Å². The van der Waals surface area contributed by atoms with E-state index in [9.17, 15) is 14.7 Å². The zero-order valence-corrected chi connectivity index (χ0v) is 12.1.